The van der Waals surface area contributed by atoms with E-state index in [0.29, 0.717) is 25.2 Å². The van der Waals surface area contributed by atoms with Gasteiger partial charge in [-0.2, -0.15) is 0 Å². The predicted octanol–water partition coefficient (Wildman–Crippen LogP) is 1.59. The molecule has 2 unspecified atom stereocenters. The van der Waals surface area contributed by atoms with Gasteiger partial charge in [-0.15, -0.1) is 0 Å². The van der Waals surface area contributed by atoms with Gasteiger partial charge in [0, 0.05) is 11.8 Å². The van der Waals surface area contributed by atoms with E-state index < -0.39 is 90.7 Å². The number of aliphatic hydroxyl groups is 9. The summed E-state index contributed by atoms with van der Waals surface area (Å²) in [5.74, 6) is 0.624. The average Bonchev–Trinajstić information content (AvgIpc) is 3.69. The molecule has 2 saturated heterocycles. The molecule has 0 aromatic heterocycles. The summed E-state index contributed by atoms with van der Waals surface area (Å²) in [4.78, 5) is 0. The number of rotatable bonds is 9. The topological polar surface area (TPSA) is 219 Å². The third-order valence-corrected chi connectivity index (χ3v) is 17.3. The lowest BCUT2D eigenvalue weighted by atomic mass is 9.40. The maximum Gasteiger partial charge on any atom is 0.186 e. The lowest BCUT2D eigenvalue weighted by molar-refractivity contribution is -0.327. The molecule has 7 aliphatic rings. The fourth-order valence-electron chi connectivity index (χ4n) is 14.0. The van der Waals surface area contributed by atoms with Crippen LogP contribution in [-0.4, -0.2) is 138 Å². The summed E-state index contributed by atoms with van der Waals surface area (Å²) in [6, 6.07) is 0. The van der Waals surface area contributed by atoms with Gasteiger partial charge in [-0.05, 0) is 117 Å². The van der Waals surface area contributed by atoms with Crippen LogP contribution in [0.2, 0.25) is 0 Å². The number of aliphatic hydroxyl groups excluding tert-OH is 8. The third kappa shape index (κ3) is 5.95. The van der Waals surface area contributed by atoms with Crippen LogP contribution in [0.15, 0.2) is 0 Å². The molecular formula is C41H70O13. The average molecular weight is 771 g/mol. The monoisotopic (exact) mass is 770 g/mol. The van der Waals surface area contributed by atoms with Gasteiger partial charge in [-0.1, -0.05) is 34.6 Å². The second-order valence-electron chi connectivity index (χ2n) is 20.6. The molecule has 21 atom stereocenters. The van der Waals surface area contributed by atoms with Gasteiger partial charge < -0.3 is 64.9 Å². The van der Waals surface area contributed by atoms with Crippen LogP contribution >= 0.6 is 0 Å². The lowest BCUT2D eigenvalue weighted by Crippen LogP contribution is -2.65. The van der Waals surface area contributed by atoms with Crippen molar-refractivity contribution in [3.05, 3.63) is 0 Å². The highest BCUT2D eigenvalue weighted by Crippen LogP contribution is 2.89. The smallest absolute Gasteiger partial charge is 0.186 e. The second kappa shape index (κ2) is 13.8. The van der Waals surface area contributed by atoms with Crippen molar-refractivity contribution >= 4 is 0 Å². The van der Waals surface area contributed by atoms with Crippen LogP contribution in [0.1, 0.15) is 113 Å². The molecule has 0 aromatic carbocycles. The van der Waals surface area contributed by atoms with E-state index in [1.165, 1.54) is 0 Å². The van der Waals surface area contributed by atoms with Gasteiger partial charge >= 0.3 is 0 Å². The van der Waals surface area contributed by atoms with Gasteiger partial charge in [0.25, 0.3) is 0 Å². The van der Waals surface area contributed by atoms with Crippen LogP contribution in [0.3, 0.4) is 0 Å². The van der Waals surface area contributed by atoms with E-state index in [2.05, 4.69) is 34.6 Å². The minimum Gasteiger partial charge on any atom is -0.393 e. The molecule has 0 amide bonds. The Bertz CT molecular complexity index is 1370. The second-order valence-corrected chi connectivity index (χ2v) is 20.6. The number of ether oxygens (including phenoxy) is 4. The molecule has 54 heavy (non-hydrogen) atoms. The molecule has 0 radical (unpaired) electrons. The molecule has 312 valence electrons. The highest BCUT2D eigenvalue weighted by atomic mass is 16.7. The molecule has 13 heteroatoms. The number of hydrogen-bond acceptors (Lipinski definition) is 13. The summed E-state index contributed by atoms with van der Waals surface area (Å²) in [6.07, 6.45) is -6.66. The first-order valence-corrected chi connectivity index (χ1v) is 20.7. The Balaban J connectivity index is 1.06. The van der Waals surface area contributed by atoms with E-state index >= 15 is 0 Å². The van der Waals surface area contributed by atoms with E-state index in [-0.39, 0.29) is 46.0 Å². The molecule has 2 aliphatic heterocycles. The zero-order valence-corrected chi connectivity index (χ0v) is 33.5. The largest absolute Gasteiger partial charge is 0.393 e. The SMILES string of the molecule is C[C@H](CC[C@H](O[C@@H]1OC[C@@H](O)[C@H](O)[C@H]1O)C(C)(C)O)C1CC[C@@]2(C)[C@@H]3[C@@H](O)CC4C(C)(C)[C@@H](O[C@@H]5O[C@@H](C)[C@H](O)[C@@H](O)[C@H]5O)C[C@H](O)[C@@]45C[C@@]35CC[C@]12C. The maximum absolute atomic E-state index is 12.4. The predicted molar refractivity (Wildman–Crippen MR) is 194 cm³/mol. The Hall–Kier alpha value is -0.520. The fraction of sp³-hybridized carbons (Fsp3) is 1.00. The standard InChI is InChI=1S/C41H70O13/c1-19(9-10-26(37(5,6)50)53-34-31(48)29(46)23(43)17-51-34)21-11-12-39(8)33-22(42)15-24-36(3,4)27(54-35-32(49)30(47)28(45)20(2)52-35)16-25(44)41(24)18-40(33,41)14-13-38(21,39)7/h19-35,42-50H,9-18H2,1-8H3/t19-,20+,21?,22+,23-,24?,25+,26+,27+,28+,29+,30-,31-,32-,33+,34+,35+,38-,39+,40+,41-/m1/s1. The lowest BCUT2D eigenvalue weighted by Gasteiger charge is -2.65. The van der Waals surface area contributed by atoms with Crippen molar-refractivity contribution in [1.29, 1.82) is 0 Å². The Labute approximate surface area is 320 Å². The van der Waals surface area contributed by atoms with Crippen molar-refractivity contribution in [2.75, 3.05) is 6.61 Å². The van der Waals surface area contributed by atoms with Crippen molar-refractivity contribution < 1.29 is 64.9 Å². The van der Waals surface area contributed by atoms with E-state index in [1.54, 1.807) is 20.8 Å². The minimum atomic E-state index is -1.44. The van der Waals surface area contributed by atoms with Crippen molar-refractivity contribution in [3.63, 3.8) is 0 Å². The fourth-order valence-corrected chi connectivity index (χ4v) is 14.0. The molecule has 2 spiro atoms. The molecule has 0 bridgehead atoms. The number of hydrogen-bond donors (Lipinski definition) is 9. The molecule has 5 saturated carbocycles. The first kappa shape index (κ1) is 41.6. The summed E-state index contributed by atoms with van der Waals surface area (Å²) in [5, 5.41) is 97.7. The molecule has 13 nitrogen and oxygen atoms in total. The highest BCUT2D eigenvalue weighted by molar-refractivity contribution is 5.34. The van der Waals surface area contributed by atoms with E-state index in [1.807, 2.05) is 0 Å². The van der Waals surface area contributed by atoms with Crippen LogP contribution in [0.25, 0.3) is 0 Å². The van der Waals surface area contributed by atoms with Crippen molar-refractivity contribution in [3.8, 4) is 0 Å². The summed E-state index contributed by atoms with van der Waals surface area (Å²) in [6.45, 7) is 16.1. The minimum absolute atomic E-state index is 0.0280. The molecule has 9 N–H and O–H groups in total. The van der Waals surface area contributed by atoms with Crippen LogP contribution in [0.4, 0.5) is 0 Å². The molecule has 2 heterocycles. The Morgan fingerprint density at radius 3 is 2.11 bits per heavy atom. The molecule has 5 aliphatic carbocycles. The van der Waals surface area contributed by atoms with Crippen molar-refractivity contribution in [2.24, 2.45) is 50.7 Å². The Kier molecular flexibility index (Phi) is 10.6. The summed E-state index contributed by atoms with van der Waals surface area (Å²) in [5.41, 5.74) is -2.50. The zero-order valence-electron chi connectivity index (χ0n) is 33.5. The summed E-state index contributed by atoms with van der Waals surface area (Å²) < 4.78 is 23.8. The normalized spacial score (nSPS) is 55.2. The van der Waals surface area contributed by atoms with Crippen LogP contribution in [-0.2, 0) is 18.9 Å². The molecule has 0 aromatic rings. The first-order chi connectivity index (χ1) is 25.0. The first-order valence-electron chi connectivity index (χ1n) is 20.7. The van der Waals surface area contributed by atoms with Gasteiger partial charge in [0.2, 0.25) is 0 Å². The van der Waals surface area contributed by atoms with Crippen LogP contribution in [0, 0.1) is 50.7 Å². The van der Waals surface area contributed by atoms with Gasteiger partial charge in [-0.3, -0.25) is 0 Å². The van der Waals surface area contributed by atoms with Gasteiger partial charge in [0.1, 0.15) is 36.6 Å². The molecular weight excluding hydrogens is 700 g/mol. The number of fused-ring (bicyclic) bond motifs is 2. The Morgan fingerprint density at radius 2 is 1.44 bits per heavy atom. The van der Waals surface area contributed by atoms with Crippen LogP contribution < -0.4 is 0 Å². The maximum atomic E-state index is 12.4. The zero-order chi connectivity index (χ0) is 39.7. The molecule has 7 fully saturated rings. The molecule has 7 rings (SSSR count). The van der Waals surface area contributed by atoms with Gasteiger partial charge in [0.15, 0.2) is 12.6 Å². The van der Waals surface area contributed by atoms with Gasteiger partial charge in [0.05, 0.1) is 42.7 Å². The van der Waals surface area contributed by atoms with Crippen molar-refractivity contribution in [2.45, 2.75) is 199 Å². The summed E-state index contributed by atoms with van der Waals surface area (Å²) in [7, 11) is 0. The Morgan fingerprint density at radius 1 is 0.778 bits per heavy atom. The van der Waals surface area contributed by atoms with E-state index in [9.17, 15) is 46.0 Å². The third-order valence-electron chi connectivity index (χ3n) is 17.3. The highest BCUT2D eigenvalue weighted by Gasteiger charge is 2.86. The quantitative estimate of drug-likeness (QED) is 0.152. The van der Waals surface area contributed by atoms with Gasteiger partial charge in [-0.25, -0.2) is 0 Å². The van der Waals surface area contributed by atoms with Crippen molar-refractivity contribution in [1.82, 2.24) is 0 Å². The van der Waals surface area contributed by atoms with E-state index in [4.69, 9.17) is 18.9 Å². The van der Waals surface area contributed by atoms with Crippen LogP contribution in [0.5, 0.6) is 0 Å². The van der Waals surface area contributed by atoms with E-state index in [0.717, 1.165) is 38.5 Å². The summed E-state index contributed by atoms with van der Waals surface area (Å²) >= 11 is 0.